The van der Waals surface area contributed by atoms with E-state index >= 15 is 0 Å². The fourth-order valence-corrected chi connectivity index (χ4v) is 8.27. The molecule has 12 nitrogen and oxygen atoms in total. The molecule has 1 N–H and O–H groups in total. The van der Waals surface area contributed by atoms with Crippen molar-refractivity contribution in [3.63, 3.8) is 0 Å². The highest BCUT2D eigenvalue weighted by atomic mass is 16.7. The Balaban J connectivity index is 0.000000203. The third-order valence-electron chi connectivity index (χ3n) is 12.3. The standard InChI is InChI=1S/C26H40O7.C21H24O5/c1-7-21-23(17(4)18(5)25(28)31-21)33-26-24(30-19(6)27)16(3)15(2)22(32-26)14-29-13-20-11-9-8-10-12-20;1-14-12-19(24-17-10-8-16(22-2)9-11-17)25-18-13-23-21(26-20(14)18)15-6-4-3-5-7-15/h8-12,15-18,21-26,28H,7,13-14H2,1-6H3;3-11,14,18-21H,12-13H2,1-2H3/t15-,16+,17-,18?,21?,22?,23+,24?,25-,26+;14-,18?,19+,20+,21?/m11/s1. The Labute approximate surface area is 349 Å². The summed E-state index contributed by atoms with van der Waals surface area (Å²) in [4.78, 5) is 11.9. The molecule has 324 valence electrons. The Kier molecular flexibility index (Phi) is 16.2. The Morgan fingerprint density at radius 2 is 1.42 bits per heavy atom. The highest BCUT2D eigenvalue weighted by Gasteiger charge is 2.49. The van der Waals surface area contributed by atoms with Crippen LogP contribution in [0.15, 0.2) is 84.9 Å². The summed E-state index contributed by atoms with van der Waals surface area (Å²) in [5.41, 5.74) is 2.14. The van der Waals surface area contributed by atoms with E-state index in [1.807, 2.05) is 98.8 Å². The van der Waals surface area contributed by atoms with Crippen molar-refractivity contribution in [2.75, 3.05) is 20.3 Å². The lowest BCUT2D eigenvalue weighted by molar-refractivity contribution is -0.331. The van der Waals surface area contributed by atoms with Crippen LogP contribution in [-0.2, 0) is 49.3 Å². The molecular weight excluding hydrogens is 757 g/mol. The molecule has 4 fully saturated rings. The van der Waals surface area contributed by atoms with E-state index in [1.165, 1.54) is 6.92 Å². The topological polar surface area (TPSA) is 130 Å². The molecule has 7 rings (SSSR count). The number of esters is 1. The van der Waals surface area contributed by atoms with Crippen molar-refractivity contribution in [2.24, 2.45) is 29.6 Å². The van der Waals surface area contributed by atoms with E-state index in [9.17, 15) is 9.90 Å². The van der Waals surface area contributed by atoms with Gasteiger partial charge in [-0.25, -0.2) is 0 Å². The van der Waals surface area contributed by atoms with Gasteiger partial charge in [0, 0.05) is 30.7 Å². The number of carbonyl (C=O) groups is 1. The van der Waals surface area contributed by atoms with Gasteiger partial charge in [-0.1, -0.05) is 102 Å². The fourth-order valence-electron chi connectivity index (χ4n) is 8.27. The maximum atomic E-state index is 11.9. The molecule has 0 saturated carbocycles. The smallest absolute Gasteiger partial charge is 0.303 e. The quantitative estimate of drug-likeness (QED) is 0.179. The number of ether oxygens (including phenoxy) is 10. The number of hydrogen-bond acceptors (Lipinski definition) is 12. The van der Waals surface area contributed by atoms with E-state index in [0.717, 1.165) is 29.0 Å². The fraction of sp³-hybridized carbons (Fsp3) is 0.596. The monoisotopic (exact) mass is 820 g/mol. The maximum absolute atomic E-state index is 11.9. The first-order valence-electron chi connectivity index (χ1n) is 21.2. The molecule has 0 bridgehead atoms. The summed E-state index contributed by atoms with van der Waals surface area (Å²) in [6.07, 6.45) is -2.14. The lowest BCUT2D eigenvalue weighted by Crippen LogP contribution is -2.57. The third-order valence-corrected chi connectivity index (χ3v) is 12.3. The number of fused-ring (bicyclic) bond motifs is 1. The number of methoxy groups -OCH3 is 1. The zero-order valence-electron chi connectivity index (χ0n) is 35.7. The van der Waals surface area contributed by atoms with Gasteiger partial charge in [-0.05, 0) is 54.0 Å². The molecule has 3 aromatic carbocycles. The zero-order chi connectivity index (χ0) is 42.1. The largest absolute Gasteiger partial charge is 0.497 e. The van der Waals surface area contributed by atoms with Crippen molar-refractivity contribution in [3.8, 4) is 11.5 Å². The van der Waals surface area contributed by atoms with E-state index in [2.05, 4.69) is 27.7 Å². The van der Waals surface area contributed by atoms with Gasteiger partial charge >= 0.3 is 5.97 Å². The molecule has 6 unspecified atom stereocenters. The molecule has 59 heavy (non-hydrogen) atoms. The highest BCUT2D eigenvalue weighted by molar-refractivity contribution is 5.66. The predicted octanol–water partition coefficient (Wildman–Crippen LogP) is 7.86. The van der Waals surface area contributed by atoms with Crippen LogP contribution in [0.5, 0.6) is 11.5 Å². The van der Waals surface area contributed by atoms with Gasteiger partial charge in [0.2, 0.25) is 6.29 Å². The summed E-state index contributed by atoms with van der Waals surface area (Å²) in [6.45, 7) is 15.2. The number of hydrogen-bond donors (Lipinski definition) is 1. The minimum atomic E-state index is -0.820. The normalized spacial score (nSPS) is 35.6. The van der Waals surface area contributed by atoms with Gasteiger partial charge in [-0.15, -0.1) is 0 Å². The lowest BCUT2D eigenvalue weighted by atomic mass is 9.82. The molecule has 0 aliphatic carbocycles. The summed E-state index contributed by atoms with van der Waals surface area (Å²) < 4.78 is 59.7. The Morgan fingerprint density at radius 3 is 2.08 bits per heavy atom. The summed E-state index contributed by atoms with van der Waals surface area (Å²) in [5, 5.41) is 10.3. The van der Waals surface area contributed by atoms with Crippen LogP contribution in [0.2, 0.25) is 0 Å². The van der Waals surface area contributed by atoms with Crippen molar-refractivity contribution in [1.82, 2.24) is 0 Å². The number of rotatable bonds is 12. The van der Waals surface area contributed by atoms with Crippen LogP contribution in [0.3, 0.4) is 0 Å². The van der Waals surface area contributed by atoms with E-state index in [4.69, 9.17) is 47.4 Å². The number of aliphatic hydroxyl groups is 1. The number of carbonyl (C=O) groups excluding carboxylic acids is 1. The van der Waals surface area contributed by atoms with Crippen molar-refractivity contribution in [3.05, 3.63) is 96.1 Å². The molecule has 4 aliphatic heterocycles. The minimum absolute atomic E-state index is 0.00433. The summed E-state index contributed by atoms with van der Waals surface area (Å²) in [5.74, 6) is 1.59. The summed E-state index contributed by atoms with van der Waals surface area (Å²) >= 11 is 0. The SMILES string of the molecule is CCC1O[C@@H](O)C(C)[C@@H](C)[C@@H]1O[C@@H]1OC(COCc2ccccc2)[C@H](C)[C@H](C)C1OC(C)=O.COc1ccc(O[C@@H]2C[C@@H](C)[C@@H]3OC(c4ccccc4)OCC3O2)cc1. The number of benzene rings is 3. The molecule has 0 spiro atoms. The molecule has 0 amide bonds. The average molecular weight is 821 g/mol. The highest BCUT2D eigenvalue weighted by Crippen LogP contribution is 2.40. The van der Waals surface area contributed by atoms with Crippen molar-refractivity contribution < 1.29 is 57.3 Å². The van der Waals surface area contributed by atoms with Crippen LogP contribution in [-0.4, -0.2) is 86.9 Å². The molecule has 0 aromatic heterocycles. The van der Waals surface area contributed by atoms with Gasteiger partial charge in [0.25, 0.3) is 0 Å². The molecule has 4 saturated heterocycles. The van der Waals surface area contributed by atoms with Crippen LogP contribution in [0.4, 0.5) is 0 Å². The van der Waals surface area contributed by atoms with Crippen LogP contribution in [0, 0.1) is 29.6 Å². The predicted molar refractivity (Wildman–Crippen MR) is 219 cm³/mol. The minimum Gasteiger partial charge on any atom is -0.497 e. The molecule has 12 heteroatoms. The van der Waals surface area contributed by atoms with Gasteiger partial charge in [-0.3, -0.25) is 4.79 Å². The second-order valence-electron chi connectivity index (χ2n) is 16.4. The number of aliphatic hydroxyl groups excluding tert-OH is 1. The van der Waals surface area contributed by atoms with Crippen LogP contribution in [0.1, 0.15) is 78.7 Å². The van der Waals surface area contributed by atoms with Crippen LogP contribution >= 0.6 is 0 Å². The van der Waals surface area contributed by atoms with Crippen molar-refractivity contribution in [1.29, 1.82) is 0 Å². The van der Waals surface area contributed by atoms with Crippen LogP contribution in [0.25, 0.3) is 0 Å². The Morgan fingerprint density at radius 1 is 0.763 bits per heavy atom. The van der Waals surface area contributed by atoms with Crippen LogP contribution < -0.4 is 9.47 Å². The first kappa shape index (κ1) is 44.9. The van der Waals surface area contributed by atoms with Gasteiger partial charge in [0.15, 0.2) is 25.0 Å². The van der Waals surface area contributed by atoms with Gasteiger partial charge in [0.05, 0.1) is 51.3 Å². The second kappa shape index (κ2) is 21.3. The Hall–Kier alpha value is -3.59. The van der Waals surface area contributed by atoms with Gasteiger partial charge in [0.1, 0.15) is 17.6 Å². The second-order valence-corrected chi connectivity index (χ2v) is 16.4. The molecule has 4 aliphatic rings. The van der Waals surface area contributed by atoms with E-state index < -0.39 is 18.7 Å². The van der Waals surface area contributed by atoms with Gasteiger partial charge in [-0.2, -0.15) is 0 Å². The molecular formula is C47H64O12. The summed E-state index contributed by atoms with van der Waals surface area (Å²) in [6, 6.07) is 27.6. The average Bonchev–Trinajstić information content (AvgIpc) is 3.25. The maximum Gasteiger partial charge on any atom is 0.303 e. The van der Waals surface area contributed by atoms with Crippen molar-refractivity contribution >= 4 is 5.97 Å². The van der Waals surface area contributed by atoms with E-state index in [-0.39, 0.29) is 72.7 Å². The van der Waals surface area contributed by atoms with Gasteiger partial charge < -0.3 is 52.5 Å². The Bertz CT molecular complexity index is 1690. The lowest BCUT2D eigenvalue weighted by Gasteiger charge is -2.48. The van der Waals surface area contributed by atoms with Crippen molar-refractivity contribution in [2.45, 2.75) is 130 Å². The third kappa shape index (κ3) is 11.6. The molecule has 4 heterocycles. The zero-order valence-corrected chi connectivity index (χ0v) is 35.7. The molecule has 3 aromatic rings. The summed E-state index contributed by atoms with van der Waals surface area (Å²) in [7, 11) is 1.65. The molecule has 15 atom stereocenters. The molecule has 0 radical (unpaired) electrons. The first-order chi connectivity index (χ1) is 28.4. The first-order valence-corrected chi connectivity index (χ1v) is 21.2. The van der Waals surface area contributed by atoms with E-state index in [0.29, 0.717) is 32.2 Å². The van der Waals surface area contributed by atoms with E-state index in [1.54, 1.807) is 7.11 Å².